The van der Waals surface area contributed by atoms with Gasteiger partial charge in [-0.2, -0.15) is 4.31 Å². The first-order valence-electron chi connectivity index (χ1n) is 10.8. The van der Waals surface area contributed by atoms with Crippen molar-refractivity contribution in [1.29, 1.82) is 0 Å². The fraction of sp³-hybridized carbons (Fsp3) is 0.458. The molecule has 0 saturated carbocycles. The van der Waals surface area contributed by atoms with Crippen LogP contribution in [0.4, 0.5) is 5.69 Å². The van der Waals surface area contributed by atoms with E-state index in [0.29, 0.717) is 47.5 Å². The molecule has 0 aliphatic carbocycles. The van der Waals surface area contributed by atoms with E-state index < -0.39 is 15.9 Å². The first-order chi connectivity index (χ1) is 15.6. The van der Waals surface area contributed by atoms with Crippen LogP contribution >= 0.6 is 0 Å². The molecule has 0 radical (unpaired) electrons. The number of nitrogens with zero attached hydrogens (tertiary/aromatic N) is 1. The summed E-state index contributed by atoms with van der Waals surface area (Å²) >= 11 is 0. The van der Waals surface area contributed by atoms with Crippen LogP contribution in [-0.4, -0.2) is 53.0 Å². The first-order valence-corrected chi connectivity index (χ1v) is 12.3. The highest BCUT2D eigenvalue weighted by molar-refractivity contribution is 7.89. The standard InChI is InChI=1S/C24H32N2O6S/c1-15-7-9-26(10-8-15)33(28,29)22-12-18(11-16(2)17(22)3)24(27)25-19-13-20(30-4)23(32-6)21(14-19)31-5/h11-15H,7-10H2,1-6H3,(H,25,27). The number of ether oxygens (including phenoxy) is 3. The maximum absolute atomic E-state index is 13.4. The van der Waals surface area contributed by atoms with Gasteiger partial charge in [0.25, 0.3) is 5.91 Å². The summed E-state index contributed by atoms with van der Waals surface area (Å²) in [4.78, 5) is 13.3. The number of anilines is 1. The van der Waals surface area contributed by atoms with Crippen molar-refractivity contribution >= 4 is 21.6 Å². The summed E-state index contributed by atoms with van der Waals surface area (Å²) in [5, 5.41) is 2.81. The van der Waals surface area contributed by atoms with E-state index in [1.807, 2.05) is 6.92 Å². The highest BCUT2D eigenvalue weighted by Crippen LogP contribution is 2.40. The molecule has 1 aliphatic heterocycles. The maximum atomic E-state index is 13.4. The SMILES string of the molecule is COc1cc(NC(=O)c2cc(C)c(C)c(S(=O)(=O)N3CCC(C)CC3)c2)cc(OC)c1OC. The number of nitrogens with one attached hydrogen (secondary N) is 1. The number of hydrogen-bond donors (Lipinski definition) is 1. The van der Waals surface area contributed by atoms with Crippen molar-refractivity contribution in [2.45, 2.75) is 38.5 Å². The zero-order chi connectivity index (χ0) is 24.3. The van der Waals surface area contributed by atoms with E-state index in [-0.39, 0.29) is 10.5 Å². The molecule has 33 heavy (non-hydrogen) atoms. The molecular formula is C24H32N2O6S. The highest BCUT2D eigenvalue weighted by Gasteiger charge is 2.30. The Morgan fingerprint density at radius 1 is 0.970 bits per heavy atom. The summed E-state index contributed by atoms with van der Waals surface area (Å²) in [6.07, 6.45) is 1.66. The van der Waals surface area contributed by atoms with Gasteiger partial charge in [-0.15, -0.1) is 0 Å². The van der Waals surface area contributed by atoms with Gasteiger partial charge in [0.05, 0.1) is 26.2 Å². The second kappa shape index (κ2) is 10.0. The van der Waals surface area contributed by atoms with E-state index in [0.717, 1.165) is 18.4 Å². The number of carbonyl (C=O) groups is 1. The van der Waals surface area contributed by atoms with Crippen molar-refractivity contribution in [3.05, 3.63) is 41.0 Å². The third-order valence-corrected chi connectivity index (χ3v) is 8.19. The zero-order valence-corrected chi connectivity index (χ0v) is 20.8. The normalized spacial score (nSPS) is 15.2. The molecular weight excluding hydrogens is 444 g/mol. The Labute approximate surface area is 195 Å². The van der Waals surface area contributed by atoms with Gasteiger partial charge in [-0.1, -0.05) is 6.92 Å². The van der Waals surface area contributed by atoms with Gasteiger partial charge in [0.2, 0.25) is 15.8 Å². The fourth-order valence-electron chi connectivity index (χ4n) is 3.95. The molecule has 8 nitrogen and oxygen atoms in total. The van der Waals surface area contributed by atoms with Gasteiger partial charge in [0, 0.05) is 36.5 Å². The molecule has 3 rings (SSSR count). The molecule has 1 saturated heterocycles. The van der Waals surface area contributed by atoms with Gasteiger partial charge in [0.15, 0.2) is 11.5 Å². The predicted octanol–water partition coefficient (Wildman–Crippen LogP) is 4.00. The van der Waals surface area contributed by atoms with Gasteiger partial charge >= 0.3 is 0 Å². The largest absolute Gasteiger partial charge is 0.493 e. The van der Waals surface area contributed by atoms with Crippen molar-refractivity contribution in [1.82, 2.24) is 4.31 Å². The van der Waals surface area contributed by atoms with Crippen LogP contribution in [0.15, 0.2) is 29.2 Å². The van der Waals surface area contributed by atoms with Crippen LogP contribution in [0, 0.1) is 19.8 Å². The topological polar surface area (TPSA) is 94.2 Å². The maximum Gasteiger partial charge on any atom is 0.255 e. The number of aryl methyl sites for hydroxylation is 1. The molecule has 1 heterocycles. The van der Waals surface area contributed by atoms with E-state index in [4.69, 9.17) is 14.2 Å². The Morgan fingerprint density at radius 2 is 1.55 bits per heavy atom. The summed E-state index contributed by atoms with van der Waals surface area (Å²) in [6.45, 7) is 6.69. The zero-order valence-electron chi connectivity index (χ0n) is 20.0. The van der Waals surface area contributed by atoms with Crippen molar-refractivity contribution in [3.63, 3.8) is 0 Å². The van der Waals surface area contributed by atoms with E-state index in [2.05, 4.69) is 12.2 Å². The molecule has 2 aromatic rings. The molecule has 9 heteroatoms. The Balaban J connectivity index is 1.95. The van der Waals surface area contributed by atoms with Crippen LogP contribution in [0.25, 0.3) is 0 Å². The molecule has 2 aromatic carbocycles. The van der Waals surface area contributed by atoms with Crippen LogP contribution < -0.4 is 19.5 Å². The van der Waals surface area contributed by atoms with Crippen molar-refractivity contribution in [2.75, 3.05) is 39.7 Å². The third-order valence-electron chi connectivity index (χ3n) is 6.16. The number of piperidine rings is 1. The van der Waals surface area contributed by atoms with Gasteiger partial charge < -0.3 is 19.5 Å². The minimum absolute atomic E-state index is 0.173. The van der Waals surface area contributed by atoms with Crippen molar-refractivity contribution in [2.24, 2.45) is 5.92 Å². The van der Waals surface area contributed by atoms with Gasteiger partial charge in [-0.05, 0) is 55.9 Å². The molecule has 0 bridgehead atoms. The molecule has 180 valence electrons. The van der Waals surface area contributed by atoms with Gasteiger partial charge in [0.1, 0.15) is 0 Å². The summed E-state index contributed by atoms with van der Waals surface area (Å²) in [5.74, 6) is 1.28. The summed E-state index contributed by atoms with van der Waals surface area (Å²) < 4.78 is 44.3. The number of methoxy groups -OCH3 is 3. The van der Waals surface area contributed by atoms with Crippen LogP contribution in [0.2, 0.25) is 0 Å². The van der Waals surface area contributed by atoms with Crippen molar-refractivity contribution in [3.8, 4) is 17.2 Å². The molecule has 0 spiro atoms. The summed E-state index contributed by atoms with van der Waals surface area (Å²) in [5.41, 5.74) is 2.08. The number of carbonyl (C=O) groups excluding carboxylic acids is 1. The number of rotatable bonds is 7. The second-order valence-electron chi connectivity index (χ2n) is 8.37. The number of sulfonamides is 1. The Hall–Kier alpha value is -2.78. The molecule has 0 aromatic heterocycles. The third kappa shape index (κ3) is 5.09. The fourth-order valence-corrected chi connectivity index (χ4v) is 5.74. The second-order valence-corrected chi connectivity index (χ2v) is 10.3. The van der Waals surface area contributed by atoms with Gasteiger partial charge in [-0.25, -0.2) is 8.42 Å². The molecule has 1 N–H and O–H groups in total. The highest BCUT2D eigenvalue weighted by atomic mass is 32.2. The lowest BCUT2D eigenvalue weighted by Gasteiger charge is -2.30. The summed E-state index contributed by atoms with van der Waals surface area (Å²) in [7, 11) is 0.779. The lowest BCUT2D eigenvalue weighted by molar-refractivity contribution is 0.102. The average Bonchev–Trinajstić information content (AvgIpc) is 2.79. The van der Waals surface area contributed by atoms with E-state index >= 15 is 0 Å². The Kier molecular flexibility index (Phi) is 7.54. The molecule has 0 unspecified atom stereocenters. The number of hydrogen-bond acceptors (Lipinski definition) is 6. The molecule has 1 amide bonds. The molecule has 0 atom stereocenters. The number of amides is 1. The van der Waals surface area contributed by atoms with Crippen LogP contribution in [0.1, 0.15) is 41.3 Å². The Morgan fingerprint density at radius 3 is 2.06 bits per heavy atom. The van der Waals surface area contributed by atoms with E-state index in [9.17, 15) is 13.2 Å². The lowest BCUT2D eigenvalue weighted by atomic mass is 10.0. The van der Waals surface area contributed by atoms with Crippen molar-refractivity contribution < 1.29 is 27.4 Å². The average molecular weight is 477 g/mol. The smallest absolute Gasteiger partial charge is 0.255 e. The number of benzene rings is 2. The van der Waals surface area contributed by atoms with Crippen LogP contribution in [-0.2, 0) is 10.0 Å². The van der Waals surface area contributed by atoms with Gasteiger partial charge in [-0.3, -0.25) is 4.79 Å². The quantitative estimate of drug-likeness (QED) is 0.649. The van der Waals surface area contributed by atoms with Crippen LogP contribution in [0.5, 0.6) is 17.2 Å². The monoisotopic (exact) mass is 476 g/mol. The van der Waals surface area contributed by atoms with E-state index in [1.54, 1.807) is 25.1 Å². The Bertz CT molecular complexity index is 1110. The minimum atomic E-state index is -3.70. The minimum Gasteiger partial charge on any atom is -0.493 e. The first kappa shape index (κ1) is 24.9. The predicted molar refractivity (Wildman–Crippen MR) is 127 cm³/mol. The molecule has 1 aliphatic rings. The molecule has 1 fully saturated rings. The summed E-state index contributed by atoms with van der Waals surface area (Å²) in [6, 6.07) is 6.39. The lowest BCUT2D eigenvalue weighted by Crippen LogP contribution is -2.38. The van der Waals surface area contributed by atoms with E-state index in [1.165, 1.54) is 31.7 Å². The van der Waals surface area contributed by atoms with Crippen LogP contribution in [0.3, 0.4) is 0 Å².